The zero-order chi connectivity index (χ0) is 17.4. The molecule has 2 aromatic heterocycles. The lowest BCUT2D eigenvalue weighted by molar-refractivity contribution is 0.122. The smallest absolute Gasteiger partial charge is 0.162 e. The van der Waals surface area contributed by atoms with E-state index < -0.39 is 0 Å². The SMILES string of the molecule is Cc1nc2ccc(N3CCOCC3)nc2n1Cc1cccc(Cl)c1Cl. The molecule has 25 heavy (non-hydrogen) atoms. The number of hydrogen-bond acceptors (Lipinski definition) is 4. The summed E-state index contributed by atoms with van der Waals surface area (Å²) in [6, 6.07) is 9.73. The Morgan fingerprint density at radius 3 is 2.68 bits per heavy atom. The van der Waals surface area contributed by atoms with Gasteiger partial charge in [0.2, 0.25) is 0 Å². The Morgan fingerprint density at radius 2 is 1.88 bits per heavy atom. The van der Waals surface area contributed by atoms with Crippen molar-refractivity contribution in [3.8, 4) is 0 Å². The van der Waals surface area contributed by atoms with E-state index in [2.05, 4.69) is 14.5 Å². The van der Waals surface area contributed by atoms with Gasteiger partial charge < -0.3 is 14.2 Å². The van der Waals surface area contributed by atoms with Crippen LogP contribution in [0, 0.1) is 6.92 Å². The summed E-state index contributed by atoms with van der Waals surface area (Å²) in [5.74, 6) is 1.85. The van der Waals surface area contributed by atoms with Crippen molar-refractivity contribution in [2.45, 2.75) is 13.5 Å². The first-order valence-electron chi connectivity index (χ1n) is 8.23. The second-order valence-corrected chi connectivity index (χ2v) is 6.85. The molecule has 0 radical (unpaired) electrons. The number of nitrogens with zero attached hydrogens (tertiary/aromatic N) is 4. The minimum absolute atomic E-state index is 0.559. The summed E-state index contributed by atoms with van der Waals surface area (Å²) >= 11 is 12.5. The van der Waals surface area contributed by atoms with Crippen LogP contribution in [0.2, 0.25) is 10.0 Å². The molecule has 1 aliphatic rings. The molecule has 0 amide bonds. The van der Waals surface area contributed by atoms with Crippen molar-refractivity contribution in [1.29, 1.82) is 0 Å². The van der Waals surface area contributed by atoms with Gasteiger partial charge in [0.25, 0.3) is 0 Å². The number of morpholine rings is 1. The highest BCUT2D eigenvalue weighted by Crippen LogP contribution is 2.28. The lowest BCUT2D eigenvalue weighted by atomic mass is 10.2. The van der Waals surface area contributed by atoms with E-state index >= 15 is 0 Å². The van der Waals surface area contributed by atoms with Crippen LogP contribution in [0.25, 0.3) is 11.2 Å². The number of pyridine rings is 1. The maximum Gasteiger partial charge on any atom is 0.162 e. The average Bonchev–Trinajstić information content (AvgIpc) is 2.94. The van der Waals surface area contributed by atoms with E-state index in [9.17, 15) is 0 Å². The number of rotatable bonds is 3. The Hall–Kier alpha value is -1.82. The van der Waals surface area contributed by atoms with Crippen LogP contribution in [0.4, 0.5) is 5.82 Å². The van der Waals surface area contributed by atoms with Gasteiger partial charge in [-0.2, -0.15) is 0 Å². The summed E-state index contributed by atoms with van der Waals surface area (Å²) in [4.78, 5) is 11.7. The zero-order valence-corrected chi connectivity index (χ0v) is 15.4. The molecule has 7 heteroatoms. The predicted molar refractivity (Wildman–Crippen MR) is 101 cm³/mol. The quantitative estimate of drug-likeness (QED) is 0.694. The van der Waals surface area contributed by atoms with Crippen molar-refractivity contribution in [2.24, 2.45) is 0 Å². The third-order valence-electron chi connectivity index (χ3n) is 4.46. The summed E-state index contributed by atoms with van der Waals surface area (Å²) in [5.41, 5.74) is 2.69. The van der Waals surface area contributed by atoms with Crippen LogP contribution in [0.1, 0.15) is 11.4 Å². The Labute approximate surface area is 156 Å². The predicted octanol–water partition coefficient (Wildman–Crippen LogP) is 3.93. The van der Waals surface area contributed by atoms with Gasteiger partial charge in [0.15, 0.2) is 5.65 Å². The first-order chi connectivity index (χ1) is 12.1. The number of ether oxygens (including phenoxy) is 1. The first-order valence-corrected chi connectivity index (χ1v) is 8.98. The van der Waals surface area contributed by atoms with Crippen LogP contribution >= 0.6 is 23.2 Å². The summed E-state index contributed by atoms with van der Waals surface area (Å²) in [6.07, 6.45) is 0. The summed E-state index contributed by atoms with van der Waals surface area (Å²) < 4.78 is 7.51. The van der Waals surface area contributed by atoms with Crippen LogP contribution in [0.15, 0.2) is 30.3 Å². The first kappa shape index (κ1) is 16.6. The molecule has 1 saturated heterocycles. The summed E-state index contributed by atoms with van der Waals surface area (Å²) in [6.45, 7) is 5.74. The molecule has 4 rings (SSSR count). The van der Waals surface area contributed by atoms with E-state index in [1.165, 1.54) is 0 Å². The molecular formula is C18H18Cl2N4O. The largest absolute Gasteiger partial charge is 0.378 e. The molecule has 0 unspecified atom stereocenters. The second-order valence-electron chi connectivity index (χ2n) is 6.07. The number of aromatic nitrogens is 3. The Morgan fingerprint density at radius 1 is 1.08 bits per heavy atom. The molecule has 0 atom stereocenters. The van der Waals surface area contributed by atoms with Gasteiger partial charge in [-0.3, -0.25) is 0 Å². The Kier molecular flexibility index (Phi) is 4.54. The van der Waals surface area contributed by atoms with Crippen LogP contribution in [0.3, 0.4) is 0 Å². The van der Waals surface area contributed by atoms with Crippen LogP contribution in [-0.2, 0) is 11.3 Å². The van der Waals surface area contributed by atoms with Crippen LogP contribution in [0.5, 0.6) is 0 Å². The van der Waals surface area contributed by atoms with E-state index in [0.717, 1.165) is 54.7 Å². The van der Waals surface area contributed by atoms with Crippen molar-refractivity contribution in [2.75, 3.05) is 31.2 Å². The lowest BCUT2D eigenvalue weighted by Gasteiger charge is -2.27. The molecule has 1 aromatic carbocycles. The fourth-order valence-electron chi connectivity index (χ4n) is 3.10. The zero-order valence-electron chi connectivity index (χ0n) is 13.9. The summed E-state index contributed by atoms with van der Waals surface area (Å²) in [5, 5.41) is 1.14. The molecule has 130 valence electrons. The van der Waals surface area contributed by atoms with Crippen molar-refractivity contribution in [3.63, 3.8) is 0 Å². The number of fused-ring (bicyclic) bond motifs is 1. The highest BCUT2D eigenvalue weighted by molar-refractivity contribution is 6.42. The Balaban J connectivity index is 1.74. The van der Waals surface area contributed by atoms with E-state index in [4.69, 9.17) is 32.9 Å². The number of aryl methyl sites for hydroxylation is 1. The van der Waals surface area contributed by atoms with Crippen molar-refractivity contribution in [3.05, 3.63) is 51.8 Å². The van der Waals surface area contributed by atoms with Gasteiger partial charge in [-0.05, 0) is 30.7 Å². The standard InChI is InChI=1S/C18H18Cl2N4O/c1-12-21-15-5-6-16(23-7-9-25-10-8-23)22-18(15)24(12)11-13-3-2-4-14(19)17(13)20/h2-6H,7-11H2,1H3. The highest BCUT2D eigenvalue weighted by atomic mass is 35.5. The van der Waals surface area contributed by atoms with Gasteiger partial charge in [-0.15, -0.1) is 0 Å². The van der Waals surface area contributed by atoms with Crippen molar-refractivity contribution in [1.82, 2.24) is 14.5 Å². The topological polar surface area (TPSA) is 43.2 Å². The number of imidazole rings is 1. The van der Waals surface area contributed by atoms with Gasteiger partial charge in [-0.25, -0.2) is 9.97 Å². The minimum atomic E-state index is 0.559. The van der Waals surface area contributed by atoms with E-state index in [1.807, 2.05) is 31.2 Å². The monoisotopic (exact) mass is 376 g/mol. The van der Waals surface area contributed by atoms with E-state index in [0.29, 0.717) is 16.6 Å². The molecule has 5 nitrogen and oxygen atoms in total. The second kappa shape index (κ2) is 6.83. The fraction of sp³-hybridized carbons (Fsp3) is 0.333. The van der Waals surface area contributed by atoms with E-state index in [1.54, 1.807) is 6.07 Å². The fourth-order valence-corrected chi connectivity index (χ4v) is 3.48. The van der Waals surface area contributed by atoms with Gasteiger partial charge in [0.05, 0.1) is 29.8 Å². The Bertz CT molecular complexity index is 919. The normalized spacial score (nSPS) is 15.1. The maximum atomic E-state index is 6.36. The number of benzene rings is 1. The molecule has 0 saturated carbocycles. The third-order valence-corrected chi connectivity index (χ3v) is 5.32. The minimum Gasteiger partial charge on any atom is -0.378 e. The van der Waals surface area contributed by atoms with Crippen molar-refractivity contribution < 1.29 is 4.74 Å². The molecule has 1 fully saturated rings. The van der Waals surface area contributed by atoms with Crippen LogP contribution in [-0.4, -0.2) is 40.8 Å². The molecular weight excluding hydrogens is 359 g/mol. The highest BCUT2D eigenvalue weighted by Gasteiger charge is 2.16. The summed E-state index contributed by atoms with van der Waals surface area (Å²) in [7, 11) is 0. The van der Waals surface area contributed by atoms with Gasteiger partial charge >= 0.3 is 0 Å². The maximum absolute atomic E-state index is 6.36. The number of hydrogen-bond donors (Lipinski definition) is 0. The third kappa shape index (κ3) is 3.19. The molecule has 3 heterocycles. The average molecular weight is 377 g/mol. The van der Waals surface area contributed by atoms with Crippen LogP contribution < -0.4 is 4.90 Å². The molecule has 0 bridgehead atoms. The van der Waals surface area contributed by atoms with Gasteiger partial charge in [0.1, 0.15) is 17.2 Å². The van der Waals surface area contributed by atoms with Crippen molar-refractivity contribution >= 4 is 40.2 Å². The van der Waals surface area contributed by atoms with E-state index in [-0.39, 0.29) is 0 Å². The molecule has 0 aliphatic carbocycles. The number of halogens is 2. The molecule has 1 aliphatic heterocycles. The number of anilines is 1. The molecule has 0 spiro atoms. The molecule has 0 N–H and O–H groups in total. The van der Waals surface area contributed by atoms with Gasteiger partial charge in [0, 0.05) is 13.1 Å². The molecule has 3 aromatic rings. The lowest BCUT2D eigenvalue weighted by Crippen LogP contribution is -2.36. The van der Waals surface area contributed by atoms with Gasteiger partial charge in [-0.1, -0.05) is 35.3 Å².